The average Bonchev–Trinajstić information content (AvgIpc) is 2.59. The van der Waals surface area contributed by atoms with E-state index in [9.17, 15) is 13.2 Å². The third-order valence-electron chi connectivity index (χ3n) is 3.90. The van der Waals surface area contributed by atoms with Gasteiger partial charge in [0.25, 0.3) is 0 Å². The molecule has 3 nitrogen and oxygen atoms in total. The van der Waals surface area contributed by atoms with Crippen molar-refractivity contribution in [3.63, 3.8) is 0 Å². The van der Waals surface area contributed by atoms with Crippen LogP contribution in [-0.2, 0) is 0 Å². The van der Waals surface area contributed by atoms with Crippen LogP contribution in [0.4, 0.5) is 13.2 Å². The Kier molecular flexibility index (Phi) is 6.00. The Morgan fingerprint density at radius 2 is 1.35 bits per heavy atom. The van der Waals surface area contributed by atoms with Crippen LogP contribution in [-0.4, -0.2) is 13.5 Å². The van der Waals surface area contributed by atoms with Gasteiger partial charge in [0.15, 0.2) is 0 Å². The molecule has 3 aromatic carbocycles. The Morgan fingerprint density at radius 3 is 1.96 bits per heavy atom. The number of alkyl halides is 3. The van der Waals surface area contributed by atoms with Gasteiger partial charge in [-0.1, -0.05) is 30.3 Å². The zero-order valence-electron chi connectivity index (χ0n) is 13.8. The van der Waals surface area contributed by atoms with Crippen molar-refractivity contribution in [1.82, 2.24) is 0 Å². The summed E-state index contributed by atoms with van der Waals surface area (Å²) in [5, 5.41) is 2.02. The van der Waals surface area contributed by atoms with Gasteiger partial charge >= 0.3 is 6.36 Å². The first-order chi connectivity index (χ1) is 11.9. The Balaban J connectivity index is 0.00000243. The lowest BCUT2D eigenvalue weighted by molar-refractivity contribution is -0.274. The predicted octanol–water partition coefficient (Wildman–Crippen LogP) is 5.22. The highest BCUT2D eigenvalue weighted by Gasteiger charge is 2.31. The van der Waals surface area contributed by atoms with Gasteiger partial charge in [0.1, 0.15) is 11.5 Å². The number of halogens is 4. The Hall–Kier alpha value is -2.44. The van der Waals surface area contributed by atoms with E-state index in [0.29, 0.717) is 5.56 Å². The van der Waals surface area contributed by atoms with Crippen LogP contribution in [0, 0.1) is 0 Å². The van der Waals surface area contributed by atoms with Gasteiger partial charge in [-0.25, -0.2) is 0 Å². The number of benzene rings is 3. The van der Waals surface area contributed by atoms with E-state index in [2.05, 4.69) is 4.74 Å². The third kappa shape index (κ3) is 4.59. The van der Waals surface area contributed by atoms with Crippen molar-refractivity contribution in [2.45, 2.75) is 12.4 Å². The molecule has 0 aromatic heterocycles. The van der Waals surface area contributed by atoms with E-state index in [4.69, 9.17) is 10.5 Å². The molecule has 0 saturated heterocycles. The van der Waals surface area contributed by atoms with Gasteiger partial charge in [0.05, 0.1) is 13.2 Å². The fourth-order valence-corrected chi connectivity index (χ4v) is 2.63. The normalized spacial score (nSPS) is 12.3. The average molecular weight is 384 g/mol. The Morgan fingerprint density at radius 1 is 0.808 bits per heavy atom. The molecule has 3 rings (SSSR count). The van der Waals surface area contributed by atoms with Gasteiger partial charge in [0, 0.05) is 0 Å². The molecular weight excluding hydrogens is 367 g/mol. The van der Waals surface area contributed by atoms with Crippen LogP contribution in [0.3, 0.4) is 0 Å². The van der Waals surface area contributed by atoms with Gasteiger partial charge in [-0.05, 0) is 52.2 Å². The molecule has 2 N–H and O–H groups in total. The molecular formula is C19H17ClF3NO2. The van der Waals surface area contributed by atoms with Crippen molar-refractivity contribution in [2.24, 2.45) is 5.73 Å². The molecule has 0 spiro atoms. The summed E-state index contributed by atoms with van der Waals surface area (Å²) in [6.45, 7) is 0. The van der Waals surface area contributed by atoms with E-state index < -0.39 is 12.4 Å². The topological polar surface area (TPSA) is 44.5 Å². The van der Waals surface area contributed by atoms with Crippen LogP contribution >= 0.6 is 12.4 Å². The van der Waals surface area contributed by atoms with E-state index in [1.165, 1.54) is 24.3 Å². The summed E-state index contributed by atoms with van der Waals surface area (Å²) in [6, 6.07) is 16.6. The second-order valence-corrected chi connectivity index (χ2v) is 5.57. The fraction of sp³-hybridized carbons (Fsp3) is 0.158. The minimum atomic E-state index is -4.71. The van der Waals surface area contributed by atoms with E-state index >= 15 is 0 Å². The molecule has 0 aliphatic heterocycles. The molecule has 138 valence electrons. The first-order valence-electron chi connectivity index (χ1n) is 7.55. The molecule has 0 aliphatic carbocycles. The molecule has 0 aliphatic rings. The van der Waals surface area contributed by atoms with Crippen molar-refractivity contribution in [3.8, 4) is 11.5 Å². The first kappa shape index (κ1) is 19.9. The molecule has 0 amide bonds. The summed E-state index contributed by atoms with van der Waals surface area (Å²) in [5.74, 6) is 0.499. The molecule has 0 heterocycles. The third-order valence-corrected chi connectivity index (χ3v) is 3.90. The van der Waals surface area contributed by atoms with Gasteiger partial charge in [-0.3, -0.25) is 0 Å². The van der Waals surface area contributed by atoms with E-state index in [1.807, 2.05) is 36.4 Å². The quantitative estimate of drug-likeness (QED) is 0.672. The van der Waals surface area contributed by atoms with Crippen LogP contribution < -0.4 is 15.2 Å². The second kappa shape index (κ2) is 7.85. The molecule has 0 saturated carbocycles. The SMILES string of the molecule is COc1ccc2cc([C@H](N)c3ccc(OC(F)(F)F)cc3)ccc2c1.Cl. The lowest BCUT2D eigenvalue weighted by Gasteiger charge is -2.15. The summed E-state index contributed by atoms with van der Waals surface area (Å²) in [4.78, 5) is 0. The standard InChI is InChI=1S/C19H16F3NO2.ClH/c1-24-17-9-6-13-10-15(3-2-14(13)11-17)18(23)12-4-7-16(8-5-12)25-19(20,21)22;/h2-11,18H,23H2,1H3;1H/t18-;/m1./s1. The molecule has 0 bridgehead atoms. The number of fused-ring (bicyclic) bond motifs is 1. The molecule has 3 aromatic rings. The number of hydrogen-bond donors (Lipinski definition) is 1. The lowest BCUT2D eigenvalue weighted by Crippen LogP contribution is -2.17. The molecule has 7 heteroatoms. The predicted molar refractivity (Wildman–Crippen MR) is 96.9 cm³/mol. The smallest absolute Gasteiger partial charge is 0.497 e. The molecule has 0 unspecified atom stereocenters. The summed E-state index contributed by atoms with van der Waals surface area (Å²) >= 11 is 0. The second-order valence-electron chi connectivity index (χ2n) is 5.57. The van der Waals surface area contributed by atoms with Crippen molar-refractivity contribution in [1.29, 1.82) is 0 Å². The lowest BCUT2D eigenvalue weighted by atomic mass is 9.97. The summed E-state index contributed by atoms with van der Waals surface area (Å²) in [7, 11) is 1.61. The minimum absolute atomic E-state index is 0. The van der Waals surface area contributed by atoms with Crippen molar-refractivity contribution >= 4 is 23.2 Å². The number of methoxy groups -OCH3 is 1. The Bertz CT molecular complexity index is 882. The number of ether oxygens (including phenoxy) is 2. The summed E-state index contributed by atoms with van der Waals surface area (Å²) < 4.78 is 45.7. The number of hydrogen-bond acceptors (Lipinski definition) is 3. The maximum Gasteiger partial charge on any atom is 0.573 e. The van der Waals surface area contributed by atoms with Gasteiger partial charge in [0.2, 0.25) is 0 Å². The van der Waals surface area contributed by atoms with E-state index in [1.54, 1.807) is 7.11 Å². The summed E-state index contributed by atoms with van der Waals surface area (Å²) in [6.07, 6.45) is -4.71. The zero-order chi connectivity index (χ0) is 18.0. The summed E-state index contributed by atoms with van der Waals surface area (Å²) in [5.41, 5.74) is 7.81. The largest absolute Gasteiger partial charge is 0.573 e. The van der Waals surface area contributed by atoms with Crippen LogP contribution in [0.1, 0.15) is 17.2 Å². The van der Waals surface area contributed by atoms with E-state index in [-0.39, 0.29) is 18.2 Å². The maximum absolute atomic E-state index is 12.2. The van der Waals surface area contributed by atoms with Gasteiger partial charge in [-0.15, -0.1) is 25.6 Å². The molecule has 1 atom stereocenters. The number of rotatable bonds is 4. The van der Waals surface area contributed by atoms with E-state index in [0.717, 1.165) is 22.1 Å². The highest BCUT2D eigenvalue weighted by atomic mass is 35.5. The van der Waals surface area contributed by atoms with Crippen LogP contribution in [0.15, 0.2) is 60.7 Å². The fourth-order valence-electron chi connectivity index (χ4n) is 2.63. The van der Waals surface area contributed by atoms with Crippen LogP contribution in [0.2, 0.25) is 0 Å². The maximum atomic E-state index is 12.2. The first-order valence-corrected chi connectivity index (χ1v) is 7.55. The van der Waals surface area contributed by atoms with Gasteiger partial charge in [-0.2, -0.15) is 0 Å². The van der Waals surface area contributed by atoms with Crippen molar-refractivity contribution in [2.75, 3.05) is 7.11 Å². The zero-order valence-corrected chi connectivity index (χ0v) is 14.6. The van der Waals surface area contributed by atoms with Gasteiger partial charge < -0.3 is 15.2 Å². The molecule has 0 fully saturated rings. The highest BCUT2D eigenvalue weighted by Crippen LogP contribution is 2.28. The highest BCUT2D eigenvalue weighted by molar-refractivity contribution is 5.85. The monoisotopic (exact) mass is 383 g/mol. The molecule has 26 heavy (non-hydrogen) atoms. The number of nitrogens with two attached hydrogens (primary N) is 1. The van der Waals surface area contributed by atoms with Crippen LogP contribution in [0.5, 0.6) is 11.5 Å². The molecule has 0 radical (unpaired) electrons. The Labute approximate surface area is 154 Å². The minimum Gasteiger partial charge on any atom is -0.497 e. The van der Waals surface area contributed by atoms with Crippen molar-refractivity contribution in [3.05, 3.63) is 71.8 Å². The van der Waals surface area contributed by atoms with Crippen molar-refractivity contribution < 1.29 is 22.6 Å². The van der Waals surface area contributed by atoms with Crippen LogP contribution in [0.25, 0.3) is 10.8 Å².